The molecule has 2 bridgehead atoms. The van der Waals surface area contributed by atoms with E-state index in [0.717, 1.165) is 17.7 Å². The lowest BCUT2D eigenvalue weighted by molar-refractivity contribution is 0.0973. The van der Waals surface area contributed by atoms with Gasteiger partial charge in [-0.1, -0.05) is 16.8 Å². The number of nitrogens with one attached hydrogen (secondary N) is 1. The van der Waals surface area contributed by atoms with Crippen LogP contribution in [0.25, 0.3) is 11.0 Å². The molecule has 3 aliphatic rings. The monoisotopic (exact) mass is 338 g/mol. The molecule has 1 N–H and O–H groups in total. The van der Waals surface area contributed by atoms with Gasteiger partial charge < -0.3 is 14.7 Å². The van der Waals surface area contributed by atoms with E-state index in [2.05, 4.69) is 21.4 Å². The van der Waals surface area contributed by atoms with E-state index in [9.17, 15) is 5.26 Å². The van der Waals surface area contributed by atoms with Gasteiger partial charge in [0.15, 0.2) is 11.4 Å². The van der Waals surface area contributed by atoms with E-state index in [-0.39, 0.29) is 12.4 Å². The van der Waals surface area contributed by atoms with Crippen LogP contribution in [-0.4, -0.2) is 35.7 Å². The molecule has 5 rings (SSSR count). The summed E-state index contributed by atoms with van der Waals surface area (Å²) in [5, 5.41) is 18.0. The summed E-state index contributed by atoms with van der Waals surface area (Å²) in [6.45, 7) is 3.46. The van der Waals surface area contributed by atoms with Crippen molar-refractivity contribution < 1.29 is 4.52 Å². The van der Waals surface area contributed by atoms with Gasteiger partial charge in [0, 0.05) is 12.6 Å². The third-order valence-corrected chi connectivity index (χ3v) is 5.00. The molecule has 22 heavy (non-hydrogen) atoms. The maximum atomic E-state index is 9.18. The van der Waals surface area contributed by atoms with E-state index in [0.29, 0.717) is 28.1 Å². The number of benzene rings is 1. The Hall–Kier alpha value is -1.48. The third kappa shape index (κ3) is 2.41. The molecule has 3 aliphatic heterocycles. The molecule has 2 aromatic rings. The van der Waals surface area contributed by atoms with Gasteiger partial charge in [-0.25, -0.2) is 0 Å². The second kappa shape index (κ2) is 5.96. The van der Waals surface area contributed by atoms with Gasteiger partial charge >= 0.3 is 0 Å². The zero-order valence-electron chi connectivity index (χ0n) is 11.9. The molecule has 0 amide bonds. The van der Waals surface area contributed by atoms with E-state index in [1.807, 2.05) is 6.07 Å². The minimum absolute atomic E-state index is 0. The molecule has 4 heterocycles. The van der Waals surface area contributed by atoms with Crippen molar-refractivity contribution in [2.24, 2.45) is 5.92 Å². The second-order valence-electron chi connectivity index (χ2n) is 5.83. The second-order valence-corrected chi connectivity index (χ2v) is 6.24. The minimum Gasteiger partial charge on any atom is -0.362 e. The molecule has 1 aromatic carbocycles. The summed E-state index contributed by atoms with van der Waals surface area (Å²) < 4.78 is 5.34. The molecule has 7 heteroatoms. The Labute approximate surface area is 139 Å². The highest BCUT2D eigenvalue weighted by molar-refractivity contribution is 6.32. The van der Waals surface area contributed by atoms with Crippen LogP contribution >= 0.6 is 24.0 Å². The van der Waals surface area contributed by atoms with Gasteiger partial charge in [-0.2, -0.15) is 5.26 Å². The molecular formula is C15H16Cl2N4O. The summed E-state index contributed by atoms with van der Waals surface area (Å²) >= 11 is 6.02. The zero-order valence-corrected chi connectivity index (χ0v) is 13.5. The summed E-state index contributed by atoms with van der Waals surface area (Å²) in [7, 11) is 0. The van der Waals surface area contributed by atoms with Crippen molar-refractivity contribution in [3.8, 4) is 6.07 Å². The number of piperidine rings is 3. The Morgan fingerprint density at radius 1 is 1.36 bits per heavy atom. The average Bonchev–Trinajstić information content (AvgIpc) is 2.91. The SMILES string of the molecule is Cl.N#Cc1c(Cl)ccc2c(N[C@H]3CN4CCC3CC4)noc12. The number of nitrogens with zero attached hydrogens (tertiary/aromatic N) is 3. The normalized spacial score (nSPS) is 26.5. The van der Waals surface area contributed by atoms with Crippen molar-refractivity contribution in [1.29, 1.82) is 5.26 Å². The number of anilines is 1. The van der Waals surface area contributed by atoms with Crippen molar-refractivity contribution in [3.63, 3.8) is 0 Å². The minimum atomic E-state index is 0. The smallest absolute Gasteiger partial charge is 0.188 e. The van der Waals surface area contributed by atoms with E-state index >= 15 is 0 Å². The standard InChI is InChI=1S/C15H15ClN4O.ClH/c16-12-2-1-10-14(11(12)7-17)21-19-15(10)18-13-8-20-5-3-9(13)4-6-20;/h1-2,9,13H,3-6,8H2,(H,18,19);1H/t13-;/m0./s1. The van der Waals surface area contributed by atoms with Crippen molar-refractivity contribution in [3.05, 3.63) is 22.7 Å². The number of rotatable bonds is 2. The molecule has 0 spiro atoms. The van der Waals surface area contributed by atoms with Gasteiger partial charge in [-0.3, -0.25) is 0 Å². The lowest BCUT2D eigenvalue weighted by atomic mass is 9.84. The molecule has 0 unspecified atom stereocenters. The highest BCUT2D eigenvalue weighted by atomic mass is 35.5. The van der Waals surface area contributed by atoms with Crippen LogP contribution in [0.1, 0.15) is 18.4 Å². The number of halogens is 2. The molecule has 5 nitrogen and oxygen atoms in total. The Kier molecular flexibility index (Phi) is 4.18. The van der Waals surface area contributed by atoms with Gasteiger partial charge in [0.25, 0.3) is 0 Å². The van der Waals surface area contributed by atoms with E-state index in [1.165, 1.54) is 25.9 Å². The summed E-state index contributed by atoms with van der Waals surface area (Å²) in [5.74, 6) is 1.42. The molecule has 116 valence electrons. The maximum Gasteiger partial charge on any atom is 0.188 e. The van der Waals surface area contributed by atoms with E-state index < -0.39 is 0 Å². The van der Waals surface area contributed by atoms with Crippen molar-refractivity contribution in [1.82, 2.24) is 10.1 Å². The van der Waals surface area contributed by atoms with Crippen molar-refractivity contribution in [2.45, 2.75) is 18.9 Å². The highest BCUT2D eigenvalue weighted by Crippen LogP contribution is 2.34. The van der Waals surface area contributed by atoms with Crippen LogP contribution in [0.3, 0.4) is 0 Å². The number of fused-ring (bicyclic) bond motifs is 4. The first-order valence-corrected chi connectivity index (χ1v) is 7.61. The number of hydrogen-bond donors (Lipinski definition) is 1. The molecule has 3 saturated heterocycles. The van der Waals surface area contributed by atoms with Crippen LogP contribution in [0.15, 0.2) is 16.7 Å². The molecule has 0 radical (unpaired) electrons. The van der Waals surface area contributed by atoms with E-state index in [4.69, 9.17) is 16.1 Å². The molecular weight excluding hydrogens is 323 g/mol. The Balaban J connectivity index is 0.00000144. The lowest BCUT2D eigenvalue weighted by Gasteiger charge is -2.44. The fourth-order valence-electron chi connectivity index (χ4n) is 3.49. The van der Waals surface area contributed by atoms with Gasteiger partial charge in [0.1, 0.15) is 11.6 Å². The first-order chi connectivity index (χ1) is 10.3. The van der Waals surface area contributed by atoms with Gasteiger partial charge in [-0.15, -0.1) is 12.4 Å². The number of nitriles is 1. The molecule has 1 atom stereocenters. The number of hydrogen-bond acceptors (Lipinski definition) is 5. The van der Waals surface area contributed by atoms with Crippen LogP contribution in [0.2, 0.25) is 5.02 Å². The van der Waals surface area contributed by atoms with E-state index in [1.54, 1.807) is 6.07 Å². The Bertz CT molecular complexity index is 731. The van der Waals surface area contributed by atoms with Crippen LogP contribution in [0.4, 0.5) is 5.82 Å². The summed E-state index contributed by atoms with van der Waals surface area (Å²) in [4.78, 5) is 2.48. The van der Waals surface area contributed by atoms with Crippen LogP contribution in [0.5, 0.6) is 0 Å². The molecule has 0 aliphatic carbocycles. The topological polar surface area (TPSA) is 65.1 Å². The fraction of sp³-hybridized carbons (Fsp3) is 0.467. The summed E-state index contributed by atoms with van der Waals surface area (Å²) in [6.07, 6.45) is 2.48. The molecule has 1 aromatic heterocycles. The summed E-state index contributed by atoms with van der Waals surface area (Å²) in [5.41, 5.74) is 0.817. The summed E-state index contributed by atoms with van der Waals surface area (Å²) in [6, 6.07) is 6.07. The highest BCUT2D eigenvalue weighted by Gasteiger charge is 2.34. The third-order valence-electron chi connectivity index (χ3n) is 4.68. The predicted octanol–water partition coefficient (Wildman–Crippen LogP) is 3.28. The Morgan fingerprint density at radius 2 is 2.14 bits per heavy atom. The average molecular weight is 339 g/mol. The van der Waals surface area contributed by atoms with Crippen LogP contribution in [0, 0.1) is 17.2 Å². The Morgan fingerprint density at radius 3 is 2.77 bits per heavy atom. The number of aromatic nitrogens is 1. The molecule has 0 saturated carbocycles. The van der Waals surface area contributed by atoms with Crippen LogP contribution in [-0.2, 0) is 0 Å². The predicted molar refractivity (Wildman–Crippen MR) is 87.6 cm³/mol. The maximum absolute atomic E-state index is 9.18. The van der Waals surface area contributed by atoms with Crippen molar-refractivity contribution >= 4 is 40.8 Å². The van der Waals surface area contributed by atoms with Gasteiger partial charge in [0.05, 0.1) is 10.4 Å². The van der Waals surface area contributed by atoms with Gasteiger partial charge in [-0.05, 0) is 44.0 Å². The first-order valence-electron chi connectivity index (χ1n) is 7.23. The fourth-order valence-corrected chi connectivity index (χ4v) is 3.68. The zero-order chi connectivity index (χ0) is 14.4. The lowest BCUT2D eigenvalue weighted by Crippen LogP contribution is -2.53. The van der Waals surface area contributed by atoms with Gasteiger partial charge in [0.2, 0.25) is 0 Å². The largest absolute Gasteiger partial charge is 0.362 e. The first kappa shape index (κ1) is 15.4. The van der Waals surface area contributed by atoms with Crippen LogP contribution < -0.4 is 5.32 Å². The quantitative estimate of drug-likeness (QED) is 0.910. The molecule has 3 fully saturated rings. The van der Waals surface area contributed by atoms with Crippen molar-refractivity contribution in [2.75, 3.05) is 25.0 Å².